The first-order valence-electron chi connectivity index (χ1n) is 6.25. The van der Waals surface area contributed by atoms with Gasteiger partial charge in [-0.2, -0.15) is 0 Å². The van der Waals surface area contributed by atoms with Crippen molar-refractivity contribution >= 4 is 51.4 Å². The predicted octanol–water partition coefficient (Wildman–Crippen LogP) is 6.03. The molecule has 104 valence electrons. The second-order valence-corrected chi connectivity index (χ2v) is 5.76. The zero-order valence-electron chi connectivity index (χ0n) is 10.7. The molecular formula is C17H9Cl3O. The van der Waals surface area contributed by atoms with Gasteiger partial charge in [-0.3, -0.25) is 4.79 Å². The normalized spacial score (nSPS) is 10.8. The second-order valence-electron chi connectivity index (χ2n) is 4.57. The predicted molar refractivity (Wildman–Crippen MR) is 88.9 cm³/mol. The van der Waals surface area contributed by atoms with Gasteiger partial charge in [0.05, 0.1) is 10.0 Å². The summed E-state index contributed by atoms with van der Waals surface area (Å²) in [6, 6.07) is 16.0. The van der Waals surface area contributed by atoms with Crippen LogP contribution in [0.15, 0.2) is 54.6 Å². The summed E-state index contributed by atoms with van der Waals surface area (Å²) >= 11 is 18.3. The van der Waals surface area contributed by atoms with Crippen LogP contribution in [0.5, 0.6) is 0 Å². The first-order chi connectivity index (χ1) is 10.1. The molecule has 0 spiro atoms. The maximum Gasteiger partial charge on any atom is 0.195 e. The molecule has 0 amide bonds. The summed E-state index contributed by atoms with van der Waals surface area (Å²) in [5, 5.41) is 2.87. The van der Waals surface area contributed by atoms with E-state index in [-0.39, 0.29) is 10.8 Å². The van der Waals surface area contributed by atoms with Crippen molar-refractivity contribution < 1.29 is 4.79 Å². The van der Waals surface area contributed by atoms with E-state index in [9.17, 15) is 4.79 Å². The first-order valence-corrected chi connectivity index (χ1v) is 7.39. The van der Waals surface area contributed by atoms with Gasteiger partial charge in [0.1, 0.15) is 0 Å². The summed E-state index contributed by atoms with van der Waals surface area (Å²) in [6.45, 7) is 0. The highest BCUT2D eigenvalue weighted by Crippen LogP contribution is 2.31. The van der Waals surface area contributed by atoms with E-state index < -0.39 is 0 Å². The number of fused-ring (bicyclic) bond motifs is 1. The second kappa shape index (κ2) is 5.69. The lowest BCUT2D eigenvalue weighted by atomic mass is 9.97. The third-order valence-electron chi connectivity index (χ3n) is 3.31. The largest absolute Gasteiger partial charge is 0.289 e. The minimum absolute atomic E-state index is 0.171. The van der Waals surface area contributed by atoms with E-state index in [1.807, 2.05) is 24.3 Å². The average Bonchev–Trinajstić information content (AvgIpc) is 2.50. The molecule has 0 aliphatic rings. The highest BCUT2D eigenvalue weighted by Gasteiger charge is 2.17. The third kappa shape index (κ3) is 2.53. The van der Waals surface area contributed by atoms with E-state index in [1.54, 1.807) is 30.3 Å². The molecule has 0 aliphatic carbocycles. The molecule has 0 fully saturated rings. The number of benzene rings is 3. The Kier molecular flexibility index (Phi) is 3.90. The molecule has 0 aromatic heterocycles. The number of ketones is 1. The summed E-state index contributed by atoms with van der Waals surface area (Å²) < 4.78 is 0. The Labute approximate surface area is 137 Å². The monoisotopic (exact) mass is 334 g/mol. The summed E-state index contributed by atoms with van der Waals surface area (Å²) in [7, 11) is 0. The molecule has 0 unspecified atom stereocenters. The number of carbonyl (C=O) groups excluding carboxylic acids is 1. The van der Waals surface area contributed by atoms with E-state index in [2.05, 4.69) is 0 Å². The Hall–Kier alpha value is -1.54. The summed E-state index contributed by atoms with van der Waals surface area (Å²) in [6.07, 6.45) is 0. The highest BCUT2D eigenvalue weighted by atomic mass is 35.5. The fraction of sp³-hybridized carbons (Fsp3) is 0. The maximum absolute atomic E-state index is 12.8. The molecule has 21 heavy (non-hydrogen) atoms. The summed E-state index contributed by atoms with van der Waals surface area (Å²) in [4.78, 5) is 12.8. The van der Waals surface area contributed by atoms with Crippen LogP contribution in [-0.4, -0.2) is 5.78 Å². The van der Waals surface area contributed by atoms with Crippen LogP contribution in [-0.2, 0) is 0 Å². The molecule has 0 aliphatic heterocycles. The zero-order chi connectivity index (χ0) is 15.0. The smallest absolute Gasteiger partial charge is 0.195 e. The van der Waals surface area contributed by atoms with E-state index >= 15 is 0 Å². The summed E-state index contributed by atoms with van der Waals surface area (Å²) in [5.41, 5.74) is 0.941. The Morgan fingerprint density at radius 3 is 2.14 bits per heavy atom. The number of halogens is 3. The van der Waals surface area contributed by atoms with Gasteiger partial charge in [-0.1, -0.05) is 65.1 Å². The maximum atomic E-state index is 12.8. The lowest BCUT2D eigenvalue weighted by Gasteiger charge is -2.09. The lowest BCUT2D eigenvalue weighted by Crippen LogP contribution is -2.03. The van der Waals surface area contributed by atoms with Gasteiger partial charge >= 0.3 is 0 Å². The van der Waals surface area contributed by atoms with Crippen molar-refractivity contribution in [3.8, 4) is 0 Å². The van der Waals surface area contributed by atoms with Crippen LogP contribution in [0.1, 0.15) is 15.9 Å². The molecule has 3 rings (SSSR count). The van der Waals surface area contributed by atoms with Gasteiger partial charge in [-0.15, -0.1) is 0 Å². The molecule has 0 heterocycles. The lowest BCUT2D eigenvalue weighted by molar-refractivity contribution is 0.104. The topological polar surface area (TPSA) is 17.1 Å². The van der Waals surface area contributed by atoms with Crippen molar-refractivity contribution in [2.75, 3.05) is 0 Å². The molecule has 0 saturated heterocycles. The van der Waals surface area contributed by atoms with Gasteiger partial charge in [-0.05, 0) is 29.7 Å². The van der Waals surface area contributed by atoms with Crippen molar-refractivity contribution in [1.29, 1.82) is 0 Å². The fourth-order valence-electron chi connectivity index (χ4n) is 2.28. The van der Waals surface area contributed by atoms with Crippen LogP contribution in [0.25, 0.3) is 10.8 Å². The van der Waals surface area contributed by atoms with Crippen molar-refractivity contribution in [3.63, 3.8) is 0 Å². The molecule has 0 saturated carbocycles. The van der Waals surface area contributed by atoms with E-state index in [1.165, 1.54) is 0 Å². The molecular weight excluding hydrogens is 327 g/mol. The van der Waals surface area contributed by atoms with Crippen molar-refractivity contribution in [3.05, 3.63) is 80.8 Å². The summed E-state index contributed by atoms with van der Waals surface area (Å²) in [5.74, 6) is -0.171. The van der Waals surface area contributed by atoms with Gasteiger partial charge in [0.2, 0.25) is 0 Å². The third-order valence-corrected chi connectivity index (χ3v) is 4.46. The minimum Gasteiger partial charge on any atom is -0.289 e. The molecule has 0 N–H and O–H groups in total. The Balaban J connectivity index is 2.23. The number of hydrogen-bond donors (Lipinski definition) is 0. The number of hydrogen-bond acceptors (Lipinski definition) is 1. The molecule has 3 aromatic rings. The van der Waals surface area contributed by atoms with Gasteiger partial charge < -0.3 is 0 Å². The first kappa shape index (κ1) is 14.4. The Bertz CT molecular complexity index is 856. The fourth-order valence-corrected chi connectivity index (χ4v) is 2.90. The van der Waals surface area contributed by atoms with Crippen LogP contribution in [0.2, 0.25) is 15.1 Å². The molecule has 4 heteroatoms. The van der Waals surface area contributed by atoms with Crippen molar-refractivity contribution in [2.45, 2.75) is 0 Å². The van der Waals surface area contributed by atoms with Crippen molar-refractivity contribution in [2.24, 2.45) is 0 Å². The van der Waals surface area contributed by atoms with Crippen LogP contribution < -0.4 is 0 Å². The van der Waals surface area contributed by atoms with Crippen LogP contribution in [0.3, 0.4) is 0 Å². The van der Waals surface area contributed by atoms with Crippen LogP contribution >= 0.6 is 34.8 Å². The molecule has 0 bridgehead atoms. The zero-order valence-corrected chi connectivity index (χ0v) is 13.0. The highest BCUT2D eigenvalue weighted by molar-refractivity contribution is 6.44. The SMILES string of the molecule is O=C(c1cccc(Cl)c1Cl)c1ccc(Cl)c2ccccc12. The Morgan fingerprint density at radius 1 is 0.667 bits per heavy atom. The van der Waals surface area contributed by atoms with E-state index in [4.69, 9.17) is 34.8 Å². The standard InChI is InChI=1S/C17H9Cl3O/c18-14-9-8-12(10-4-1-2-5-11(10)14)17(21)13-6-3-7-15(19)16(13)20/h1-9H. The van der Waals surface area contributed by atoms with Gasteiger partial charge in [0.15, 0.2) is 5.78 Å². The number of carbonyl (C=O) groups is 1. The van der Waals surface area contributed by atoms with Crippen LogP contribution in [0.4, 0.5) is 0 Å². The molecule has 0 radical (unpaired) electrons. The minimum atomic E-state index is -0.171. The van der Waals surface area contributed by atoms with Gasteiger partial charge in [0.25, 0.3) is 0 Å². The average molecular weight is 336 g/mol. The molecule has 0 atom stereocenters. The van der Waals surface area contributed by atoms with E-state index in [0.29, 0.717) is 21.2 Å². The molecule has 3 aromatic carbocycles. The van der Waals surface area contributed by atoms with Gasteiger partial charge in [-0.25, -0.2) is 0 Å². The van der Waals surface area contributed by atoms with E-state index in [0.717, 1.165) is 10.8 Å². The van der Waals surface area contributed by atoms with Gasteiger partial charge in [0, 0.05) is 21.5 Å². The quantitative estimate of drug-likeness (QED) is 0.522. The Morgan fingerprint density at radius 2 is 1.38 bits per heavy atom. The van der Waals surface area contributed by atoms with Crippen LogP contribution in [0, 0.1) is 0 Å². The molecule has 1 nitrogen and oxygen atoms in total. The number of rotatable bonds is 2. The van der Waals surface area contributed by atoms with Crippen molar-refractivity contribution in [1.82, 2.24) is 0 Å².